The van der Waals surface area contributed by atoms with Gasteiger partial charge in [-0.2, -0.15) is 0 Å². The second kappa shape index (κ2) is 8.95. The Labute approximate surface area is 161 Å². The van der Waals surface area contributed by atoms with E-state index in [-0.39, 0.29) is 17.6 Å². The molecule has 1 heterocycles. The topological polar surface area (TPSA) is 90.1 Å². The number of anilines is 1. The predicted octanol–water partition coefficient (Wildman–Crippen LogP) is 1.86. The molecule has 27 heavy (non-hydrogen) atoms. The van der Waals surface area contributed by atoms with Gasteiger partial charge in [0.05, 0.1) is 7.11 Å². The standard InChI is InChI=1S/C18H19N3O5S/c1-23-13-3-2-4-14(10-13)26-11-17(22)20-21-18(27)19-12-5-6-15-16(9-12)25-8-7-24-15/h2-6,9-10H,7-8,11H2,1H3,(H,20,22)(H2,19,21,27). The van der Waals surface area contributed by atoms with Crippen molar-refractivity contribution in [2.75, 3.05) is 32.2 Å². The molecule has 0 aromatic heterocycles. The van der Waals surface area contributed by atoms with E-state index < -0.39 is 0 Å². The molecule has 2 aromatic carbocycles. The van der Waals surface area contributed by atoms with Crippen molar-refractivity contribution in [2.24, 2.45) is 0 Å². The fourth-order valence-electron chi connectivity index (χ4n) is 2.29. The Bertz CT molecular complexity index is 830. The summed E-state index contributed by atoms with van der Waals surface area (Å²) < 4.78 is 21.5. The van der Waals surface area contributed by atoms with E-state index in [9.17, 15) is 4.79 Å². The van der Waals surface area contributed by atoms with Crippen LogP contribution in [0.15, 0.2) is 42.5 Å². The monoisotopic (exact) mass is 389 g/mol. The van der Waals surface area contributed by atoms with Crippen molar-refractivity contribution in [3.8, 4) is 23.0 Å². The Kier molecular flexibility index (Phi) is 6.16. The second-order valence-electron chi connectivity index (χ2n) is 5.45. The Hall–Kier alpha value is -3.20. The van der Waals surface area contributed by atoms with Gasteiger partial charge in [0, 0.05) is 17.8 Å². The van der Waals surface area contributed by atoms with Gasteiger partial charge < -0.3 is 24.3 Å². The first-order valence-corrected chi connectivity index (χ1v) is 8.57. The first-order chi connectivity index (χ1) is 13.1. The molecule has 2 aromatic rings. The summed E-state index contributed by atoms with van der Waals surface area (Å²) in [5.74, 6) is 2.12. The van der Waals surface area contributed by atoms with E-state index in [0.717, 1.165) is 0 Å². The van der Waals surface area contributed by atoms with Crippen LogP contribution >= 0.6 is 12.2 Å². The lowest BCUT2D eigenvalue weighted by Gasteiger charge is -2.19. The molecule has 0 saturated heterocycles. The first-order valence-electron chi connectivity index (χ1n) is 8.16. The van der Waals surface area contributed by atoms with E-state index in [2.05, 4.69) is 16.2 Å². The number of hydrogen-bond acceptors (Lipinski definition) is 6. The highest BCUT2D eigenvalue weighted by Crippen LogP contribution is 2.32. The van der Waals surface area contributed by atoms with Crippen LogP contribution in [0.1, 0.15) is 0 Å². The van der Waals surface area contributed by atoms with Gasteiger partial charge in [0.25, 0.3) is 5.91 Å². The van der Waals surface area contributed by atoms with Crippen molar-refractivity contribution in [3.63, 3.8) is 0 Å². The number of amides is 1. The van der Waals surface area contributed by atoms with Crippen molar-refractivity contribution in [1.82, 2.24) is 10.9 Å². The zero-order chi connectivity index (χ0) is 19.1. The number of hydrazine groups is 1. The van der Waals surface area contributed by atoms with Crippen LogP contribution in [0.3, 0.4) is 0 Å². The molecule has 0 aliphatic carbocycles. The molecule has 0 radical (unpaired) electrons. The van der Waals surface area contributed by atoms with Crippen LogP contribution in [0.2, 0.25) is 0 Å². The van der Waals surface area contributed by atoms with Crippen molar-refractivity contribution >= 4 is 28.9 Å². The highest BCUT2D eigenvalue weighted by atomic mass is 32.1. The van der Waals surface area contributed by atoms with Crippen molar-refractivity contribution in [1.29, 1.82) is 0 Å². The van der Waals surface area contributed by atoms with Gasteiger partial charge in [0.1, 0.15) is 24.7 Å². The van der Waals surface area contributed by atoms with Crippen LogP contribution in [0, 0.1) is 0 Å². The molecule has 3 N–H and O–H groups in total. The fourth-order valence-corrected chi connectivity index (χ4v) is 2.45. The number of hydrogen-bond donors (Lipinski definition) is 3. The Balaban J connectivity index is 1.42. The van der Waals surface area contributed by atoms with Gasteiger partial charge >= 0.3 is 0 Å². The zero-order valence-electron chi connectivity index (χ0n) is 14.6. The minimum atomic E-state index is -0.385. The maximum Gasteiger partial charge on any atom is 0.276 e. The van der Waals surface area contributed by atoms with Gasteiger partial charge in [-0.25, -0.2) is 0 Å². The third-order valence-corrected chi connectivity index (χ3v) is 3.73. The van der Waals surface area contributed by atoms with Gasteiger partial charge in [-0.05, 0) is 36.5 Å². The van der Waals surface area contributed by atoms with Crippen LogP contribution in [0.4, 0.5) is 5.69 Å². The third kappa shape index (κ3) is 5.38. The summed E-state index contributed by atoms with van der Waals surface area (Å²) >= 11 is 5.15. The molecule has 0 saturated carbocycles. The summed E-state index contributed by atoms with van der Waals surface area (Å²) in [6, 6.07) is 12.4. The summed E-state index contributed by atoms with van der Waals surface area (Å²) in [6.07, 6.45) is 0. The molecule has 8 nitrogen and oxygen atoms in total. The first kappa shape index (κ1) is 18.6. The number of carbonyl (C=O) groups excluding carboxylic acids is 1. The lowest BCUT2D eigenvalue weighted by Crippen LogP contribution is -2.45. The van der Waals surface area contributed by atoms with Crippen molar-refractivity contribution < 1.29 is 23.7 Å². The van der Waals surface area contributed by atoms with Crippen LogP contribution < -0.4 is 35.1 Å². The molecular weight excluding hydrogens is 370 g/mol. The lowest BCUT2D eigenvalue weighted by molar-refractivity contribution is -0.123. The molecule has 0 fully saturated rings. The summed E-state index contributed by atoms with van der Waals surface area (Å²) in [5.41, 5.74) is 5.78. The number of fused-ring (bicyclic) bond motifs is 1. The average Bonchev–Trinajstić information content (AvgIpc) is 2.71. The number of carbonyl (C=O) groups is 1. The lowest BCUT2D eigenvalue weighted by atomic mass is 10.2. The molecule has 1 aliphatic rings. The SMILES string of the molecule is COc1cccc(OCC(=O)NNC(=S)Nc2ccc3c(c2)OCCO3)c1. The van der Waals surface area contributed by atoms with E-state index in [1.54, 1.807) is 49.6 Å². The maximum atomic E-state index is 11.9. The van der Waals surface area contributed by atoms with Crippen LogP contribution in [0.5, 0.6) is 23.0 Å². The molecule has 142 valence electrons. The normalized spacial score (nSPS) is 11.9. The highest BCUT2D eigenvalue weighted by molar-refractivity contribution is 7.80. The fraction of sp³-hybridized carbons (Fsp3) is 0.222. The Morgan fingerprint density at radius 2 is 1.85 bits per heavy atom. The second-order valence-corrected chi connectivity index (χ2v) is 5.86. The number of benzene rings is 2. The molecular formula is C18H19N3O5S. The van der Waals surface area contributed by atoms with Gasteiger partial charge in [0.2, 0.25) is 0 Å². The molecule has 0 unspecified atom stereocenters. The van der Waals surface area contributed by atoms with E-state index in [1.165, 1.54) is 0 Å². The number of rotatable bonds is 5. The maximum absolute atomic E-state index is 11.9. The van der Waals surface area contributed by atoms with E-state index in [0.29, 0.717) is 41.9 Å². The van der Waals surface area contributed by atoms with Crippen LogP contribution in [-0.4, -0.2) is 38.0 Å². The smallest absolute Gasteiger partial charge is 0.276 e. The quantitative estimate of drug-likeness (QED) is 0.527. The summed E-state index contributed by atoms with van der Waals surface area (Å²) in [5, 5.41) is 3.17. The molecule has 0 atom stereocenters. The molecule has 9 heteroatoms. The van der Waals surface area contributed by atoms with Gasteiger partial charge in [0.15, 0.2) is 23.2 Å². The largest absolute Gasteiger partial charge is 0.497 e. The van der Waals surface area contributed by atoms with E-state index in [4.69, 9.17) is 31.2 Å². The van der Waals surface area contributed by atoms with E-state index >= 15 is 0 Å². The average molecular weight is 389 g/mol. The zero-order valence-corrected chi connectivity index (χ0v) is 15.4. The number of thiocarbonyl (C=S) groups is 1. The van der Waals surface area contributed by atoms with Gasteiger partial charge in [-0.1, -0.05) is 6.07 Å². The molecule has 3 rings (SSSR count). The van der Waals surface area contributed by atoms with Crippen LogP contribution in [0.25, 0.3) is 0 Å². The number of methoxy groups -OCH3 is 1. The molecule has 1 amide bonds. The van der Waals surface area contributed by atoms with Crippen molar-refractivity contribution in [3.05, 3.63) is 42.5 Å². The molecule has 1 aliphatic heterocycles. The third-order valence-electron chi connectivity index (χ3n) is 3.53. The summed E-state index contributed by atoms with van der Waals surface area (Å²) in [6.45, 7) is 0.860. The number of nitrogens with one attached hydrogen (secondary N) is 3. The molecule has 0 bridgehead atoms. The minimum Gasteiger partial charge on any atom is -0.497 e. The van der Waals surface area contributed by atoms with E-state index in [1.807, 2.05) is 0 Å². The molecule has 0 spiro atoms. The summed E-state index contributed by atoms with van der Waals surface area (Å²) in [7, 11) is 1.56. The highest BCUT2D eigenvalue weighted by Gasteiger charge is 2.12. The number of ether oxygens (including phenoxy) is 4. The Morgan fingerprint density at radius 1 is 1.07 bits per heavy atom. The predicted molar refractivity (Wildman–Crippen MR) is 103 cm³/mol. The summed E-state index contributed by atoms with van der Waals surface area (Å²) in [4.78, 5) is 11.9. The Morgan fingerprint density at radius 3 is 2.67 bits per heavy atom. The minimum absolute atomic E-state index is 0.174. The van der Waals surface area contributed by atoms with Gasteiger partial charge in [-0.3, -0.25) is 15.6 Å². The van der Waals surface area contributed by atoms with Gasteiger partial charge in [-0.15, -0.1) is 0 Å². The van der Waals surface area contributed by atoms with Crippen molar-refractivity contribution in [2.45, 2.75) is 0 Å². The van der Waals surface area contributed by atoms with Crippen LogP contribution in [-0.2, 0) is 4.79 Å².